The molecule has 4 heteroatoms. The number of aromatic nitrogens is 1. The minimum Gasteiger partial charge on any atom is -0.417 e. The maximum absolute atomic E-state index is 5.86. The van der Waals surface area contributed by atoms with Crippen molar-refractivity contribution in [3.63, 3.8) is 0 Å². The highest BCUT2D eigenvalue weighted by Crippen LogP contribution is 2.34. The molecule has 2 aromatic rings. The van der Waals surface area contributed by atoms with Gasteiger partial charge in [-0.1, -0.05) is 39.8 Å². The quantitative estimate of drug-likeness (QED) is 0.901. The lowest BCUT2D eigenvalue weighted by atomic mass is 9.85. The predicted octanol–water partition coefficient (Wildman–Crippen LogP) is 4.05. The maximum Gasteiger partial charge on any atom is 0.399 e. The molecule has 2 rings (SSSR count). The molecule has 0 unspecified atom stereocenters. The van der Waals surface area contributed by atoms with Crippen molar-refractivity contribution in [1.82, 2.24) is 10.3 Å². The standard InChI is InChI=1S/C17H24N2O2/c1-6-12-7-8-15(14(9-12)17(2,3)4)21-16-19-13(10-18-5)11-20-16/h7-9,11,18H,6,10H2,1-5H3. The molecule has 0 radical (unpaired) electrons. The number of benzene rings is 1. The Hall–Kier alpha value is -1.81. The fourth-order valence-electron chi connectivity index (χ4n) is 2.16. The van der Waals surface area contributed by atoms with Crippen LogP contribution in [0.4, 0.5) is 0 Å². The zero-order valence-corrected chi connectivity index (χ0v) is 13.5. The number of oxazole rings is 1. The molecule has 0 aliphatic heterocycles. The van der Waals surface area contributed by atoms with E-state index in [2.05, 4.69) is 50.1 Å². The summed E-state index contributed by atoms with van der Waals surface area (Å²) in [6, 6.07) is 6.29. The molecule has 21 heavy (non-hydrogen) atoms. The number of ether oxygens (including phenoxy) is 1. The van der Waals surface area contributed by atoms with E-state index >= 15 is 0 Å². The molecule has 114 valence electrons. The molecule has 0 atom stereocenters. The first kappa shape index (κ1) is 15.6. The van der Waals surface area contributed by atoms with Gasteiger partial charge in [-0.3, -0.25) is 0 Å². The Morgan fingerprint density at radius 3 is 2.67 bits per heavy atom. The van der Waals surface area contributed by atoms with Crippen molar-refractivity contribution in [2.75, 3.05) is 7.05 Å². The van der Waals surface area contributed by atoms with Gasteiger partial charge < -0.3 is 14.5 Å². The Morgan fingerprint density at radius 2 is 2.05 bits per heavy atom. The van der Waals surface area contributed by atoms with Crippen LogP contribution in [0.2, 0.25) is 0 Å². The van der Waals surface area contributed by atoms with Crippen molar-refractivity contribution < 1.29 is 9.15 Å². The van der Waals surface area contributed by atoms with Crippen LogP contribution in [-0.2, 0) is 18.4 Å². The molecule has 1 heterocycles. The monoisotopic (exact) mass is 288 g/mol. The second-order valence-electron chi connectivity index (χ2n) is 6.17. The molecule has 1 aromatic carbocycles. The van der Waals surface area contributed by atoms with Crippen molar-refractivity contribution in [2.24, 2.45) is 0 Å². The molecule has 0 saturated carbocycles. The highest BCUT2D eigenvalue weighted by molar-refractivity contribution is 5.42. The third-order valence-electron chi connectivity index (χ3n) is 3.35. The van der Waals surface area contributed by atoms with E-state index in [1.165, 1.54) is 5.56 Å². The second-order valence-corrected chi connectivity index (χ2v) is 6.17. The topological polar surface area (TPSA) is 47.3 Å². The van der Waals surface area contributed by atoms with Gasteiger partial charge in [0.15, 0.2) is 0 Å². The van der Waals surface area contributed by atoms with Crippen LogP contribution >= 0.6 is 0 Å². The van der Waals surface area contributed by atoms with E-state index in [4.69, 9.17) is 9.15 Å². The molecule has 0 amide bonds. The van der Waals surface area contributed by atoms with E-state index in [0.29, 0.717) is 6.54 Å². The van der Waals surface area contributed by atoms with Gasteiger partial charge in [0.1, 0.15) is 12.0 Å². The van der Waals surface area contributed by atoms with Gasteiger partial charge in [0.25, 0.3) is 0 Å². The summed E-state index contributed by atoms with van der Waals surface area (Å²) in [4.78, 5) is 4.31. The molecule has 0 aliphatic rings. The second kappa shape index (κ2) is 6.31. The highest BCUT2D eigenvalue weighted by Gasteiger charge is 2.21. The van der Waals surface area contributed by atoms with Crippen LogP contribution in [0.3, 0.4) is 0 Å². The number of hydrogen-bond acceptors (Lipinski definition) is 4. The summed E-state index contributed by atoms with van der Waals surface area (Å²) in [5.41, 5.74) is 3.29. The van der Waals surface area contributed by atoms with E-state index < -0.39 is 0 Å². The predicted molar refractivity (Wildman–Crippen MR) is 83.9 cm³/mol. The van der Waals surface area contributed by atoms with Gasteiger partial charge in [-0.25, -0.2) is 0 Å². The van der Waals surface area contributed by atoms with Gasteiger partial charge in [0, 0.05) is 12.1 Å². The number of hydrogen-bond donors (Lipinski definition) is 1. The number of aryl methyl sites for hydroxylation is 1. The molecule has 0 bridgehead atoms. The molecular weight excluding hydrogens is 264 g/mol. The average Bonchev–Trinajstić information content (AvgIpc) is 2.86. The van der Waals surface area contributed by atoms with Crippen molar-refractivity contribution >= 4 is 0 Å². The lowest BCUT2D eigenvalue weighted by Gasteiger charge is -2.22. The van der Waals surface area contributed by atoms with E-state index in [0.717, 1.165) is 23.4 Å². The van der Waals surface area contributed by atoms with E-state index in [-0.39, 0.29) is 11.5 Å². The molecule has 0 saturated heterocycles. The van der Waals surface area contributed by atoms with Gasteiger partial charge in [0.05, 0.1) is 5.69 Å². The SMILES string of the molecule is CCc1ccc(Oc2nc(CNC)co2)c(C(C)(C)C)c1. The molecule has 0 fully saturated rings. The fraction of sp³-hybridized carbons (Fsp3) is 0.471. The van der Waals surface area contributed by atoms with Gasteiger partial charge in [-0.2, -0.15) is 4.98 Å². The summed E-state index contributed by atoms with van der Waals surface area (Å²) in [5.74, 6) is 0.803. The van der Waals surface area contributed by atoms with Crippen LogP contribution in [0.1, 0.15) is 44.5 Å². The lowest BCUT2D eigenvalue weighted by molar-refractivity contribution is 0.324. The largest absolute Gasteiger partial charge is 0.417 e. The van der Waals surface area contributed by atoms with Gasteiger partial charge in [0.2, 0.25) is 0 Å². The Kier molecular flexibility index (Phi) is 4.68. The third-order valence-corrected chi connectivity index (χ3v) is 3.35. The summed E-state index contributed by atoms with van der Waals surface area (Å²) in [6.45, 7) is 9.35. The van der Waals surface area contributed by atoms with Gasteiger partial charge >= 0.3 is 6.08 Å². The zero-order chi connectivity index (χ0) is 15.5. The smallest absolute Gasteiger partial charge is 0.399 e. The van der Waals surface area contributed by atoms with Crippen LogP contribution in [0, 0.1) is 0 Å². The van der Waals surface area contributed by atoms with Crippen LogP contribution in [0.5, 0.6) is 11.8 Å². The molecule has 0 aliphatic carbocycles. The molecule has 4 nitrogen and oxygen atoms in total. The first-order valence-electron chi connectivity index (χ1n) is 7.34. The van der Waals surface area contributed by atoms with E-state index in [9.17, 15) is 0 Å². The summed E-state index contributed by atoms with van der Waals surface area (Å²) in [5, 5.41) is 3.03. The van der Waals surface area contributed by atoms with E-state index in [1.807, 2.05) is 13.1 Å². The molecular formula is C17H24N2O2. The van der Waals surface area contributed by atoms with Crippen molar-refractivity contribution in [1.29, 1.82) is 0 Å². The number of rotatable bonds is 5. The maximum atomic E-state index is 5.86. The van der Waals surface area contributed by atoms with Crippen molar-refractivity contribution in [3.05, 3.63) is 41.3 Å². The Balaban J connectivity index is 2.29. The first-order valence-corrected chi connectivity index (χ1v) is 7.34. The summed E-state index contributed by atoms with van der Waals surface area (Å²) in [6.07, 6.45) is 2.91. The minimum atomic E-state index is 0.000903. The average molecular weight is 288 g/mol. The van der Waals surface area contributed by atoms with Crippen LogP contribution in [-0.4, -0.2) is 12.0 Å². The fourth-order valence-corrected chi connectivity index (χ4v) is 2.16. The van der Waals surface area contributed by atoms with Gasteiger partial charge in [-0.05, 0) is 30.5 Å². The zero-order valence-electron chi connectivity index (χ0n) is 13.5. The third kappa shape index (κ3) is 3.85. The van der Waals surface area contributed by atoms with Crippen LogP contribution in [0.15, 0.2) is 28.9 Å². The first-order chi connectivity index (χ1) is 9.94. The number of nitrogens with zero attached hydrogens (tertiary/aromatic N) is 1. The van der Waals surface area contributed by atoms with Crippen molar-refractivity contribution in [2.45, 2.75) is 46.1 Å². The lowest BCUT2D eigenvalue weighted by Crippen LogP contribution is -2.13. The Bertz CT molecular complexity index is 597. The highest BCUT2D eigenvalue weighted by atomic mass is 16.6. The Morgan fingerprint density at radius 1 is 1.29 bits per heavy atom. The Labute approximate surface area is 126 Å². The number of nitrogens with one attached hydrogen (secondary N) is 1. The summed E-state index contributed by atoms with van der Waals surface area (Å²) >= 11 is 0. The molecule has 0 spiro atoms. The molecule has 1 aromatic heterocycles. The summed E-state index contributed by atoms with van der Waals surface area (Å²) < 4.78 is 11.2. The van der Waals surface area contributed by atoms with Gasteiger partial charge in [-0.15, -0.1) is 0 Å². The minimum absolute atomic E-state index is 0.000903. The van der Waals surface area contributed by atoms with Crippen LogP contribution < -0.4 is 10.1 Å². The normalized spacial score (nSPS) is 11.7. The van der Waals surface area contributed by atoms with Crippen molar-refractivity contribution in [3.8, 4) is 11.8 Å². The molecule has 1 N–H and O–H groups in total. The summed E-state index contributed by atoms with van der Waals surface area (Å²) in [7, 11) is 1.87. The van der Waals surface area contributed by atoms with E-state index in [1.54, 1.807) is 6.26 Å². The van der Waals surface area contributed by atoms with Crippen LogP contribution in [0.25, 0.3) is 0 Å².